The first-order valence-electron chi connectivity index (χ1n) is 7.96. The molecule has 1 saturated carbocycles. The molecule has 0 aromatic heterocycles. The first kappa shape index (κ1) is 14.8. The van der Waals surface area contributed by atoms with Gasteiger partial charge in [-0.3, -0.25) is 0 Å². The number of aliphatic hydroxyl groups is 1. The maximum atomic E-state index is 13.4. The highest BCUT2D eigenvalue weighted by Gasteiger charge is 2.44. The van der Waals surface area contributed by atoms with Gasteiger partial charge in [-0.1, -0.05) is 20.8 Å². The number of halogens is 1. The molecule has 1 aromatic carbocycles. The lowest BCUT2D eigenvalue weighted by Crippen LogP contribution is -2.45. The minimum Gasteiger partial charge on any atom is -0.487 e. The van der Waals surface area contributed by atoms with E-state index in [0.29, 0.717) is 23.5 Å². The molecule has 1 N–H and O–H groups in total. The number of ether oxygens (including phenoxy) is 1. The average molecular weight is 292 g/mol. The third-order valence-electron chi connectivity index (χ3n) is 5.35. The maximum Gasteiger partial charge on any atom is 0.128 e. The summed E-state index contributed by atoms with van der Waals surface area (Å²) in [4.78, 5) is 0. The smallest absolute Gasteiger partial charge is 0.128 e. The van der Waals surface area contributed by atoms with Crippen LogP contribution in [0.4, 0.5) is 4.39 Å². The molecule has 1 heterocycles. The van der Waals surface area contributed by atoms with Gasteiger partial charge in [-0.05, 0) is 49.1 Å². The van der Waals surface area contributed by atoms with Gasteiger partial charge in [0.05, 0.1) is 6.10 Å². The molecule has 116 valence electrons. The lowest BCUT2D eigenvalue weighted by Gasteiger charge is -2.47. The summed E-state index contributed by atoms with van der Waals surface area (Å²) in [7, 11) is 0. The summed E-state index contributed by atoms with van der Waals surface area (Å²) in [5.41, 5.74) is 0.737. The van der Waals surface area contributed by atoms with Gasteiger partial charge in [-0.25, -0.2) is 4.39 Å². The van der Waals surface area contributed by atoms with Crippen molar-refractivity contribution in [3.05, 3.63) is 29.6 Å². The number of fused-ring (bicyclic) bond motifs is 1. The van der Waals surface area contributed by atoms with Crippen LogP contribution in [-0.2, 0) is 0 Å². The van der Waals surface area contributed by atoms with Crippen LogP contribution >= 0.6 is 0 Å². The van der Waals surface area contributed by atoms with Crippen molar-refractivity contribution < 1.29 is 14.2 Å². The molecule has 0 amide bonds. The van der Waals surface area contributed by atoms with E-state index in [9.17, 15) is 9.50 Å². The normalized spacial score (nSPS) is 32.6. The average Bonchev–Trinajstić information content (AvgIpc) is 2.37. The van der Waals surface area contributed by atoms with Crippen LogP contribution in [0.25, 0.3) is 0 Å². The topological polar surface area (TPSA) is 29.5 Å². The Labute approximate surface area is 126 Å². The van der Waals surface area contributed by atoms with E-state index < -0.39 is 6.10 Å². The predicted octanol–water partition coefficient (Wildman–Crippen LogP) is 4.62. The molecule has 2 aliphatic rings. The summed E-state index contributed by atoms with van der Waals surface area (Å²) in [6, 6.07) is 4.44. The Morgan fingerprint density at radius 1 is 1.24 bits per heavy atom. The summed E-state index contributed by atoms with van der Waals surface area (Å²) in [5.74, 6) is 0.919. The van der Waals surface area contributed by atoms with Crippen LogP contribution in [0.5, 0.6) is 5.75 Å². The summed E-state index contributed by atoms with van der Waals surface area (Å²) in [6.45, 7) is 6.87. The highest BCUT2D eigenvalue weighted by Crippen LogP contribution is 2.49. The van der Waals surface area contributed by atoms with E-state index in [-0.39, 0.29) is 11.4 Å². The third kappa shape index (κ3) is 2.80. The van der Waals surface area contributed by atoms with Crippen molar-refractivity contribution in [2.75, 3.05) is 0 Å². The zero-order valence-corrected chi connectivity index (χ0v) is 13.2. The molecular weight excluding hydrogens is 267 g/mol. The van der Waals surface area contributed by atoms with Gasteiger partial charge < -0.3 is 9.84 Å². The van der Waals surface area contributed by atoms with Crippen LogP contribution in [0.3, 0.4) is 0 Å². The van der Waals surface area contributed by atoms with Crippen LogP contribution in [0.1, 0.15) is 64.5 Å². The van der Waals surface area contributed by atoms with Crippen LogP contribution in [0.15, 0.2) is 18.2 Å². The van der Waals surface area contributed by atoms with Gasteiger partial charge in [-0.15, -0.1) is 0 Å². The molecule has 3 heteroatoms. The molecule has 1 aliphatic carbocycles. The molecule has 1 spiro atoms. The Balaban J connectivity index is 1.80. The Hall–Kier alpha value is -1.09. The van der Waals surface area contributed by atoms with Crippen molar-refractivity contribution in [2.45, 2.75) is 64.6 Å². The Bertz CT molecular complexity index is 525. The monoisotopic (exact) mass is 292 g/mol. The lowest BCUT2D eigenvalue weighted by atomic mass is 9.66. The van der Waals surface area contributed by atoms with Crippen LogP contribution in [-0.4, -0.2) is 10.7 Å². The van der Waals surface area contributed by atoms with Crippen molar-refractivity contribution in [2.24, 2.45) is 11.3 Å². The Morgan fingerprint density at radius 2 is 1.90 bits per heavy atom. The van der Waals surface area contributed by atoms with E-state index in [2.05, 4.69) is 20.8 Å². The zero-order chi connectivity index (χ0) is 15.3. The third-order valence-corrected chi connectivity index (χ3v) is 5.35. The summed E-state index contributed by atoms with van der Waals surface area (Å²) < 4.78 is 19.6. The second-order valence-electron chi connectivity index (χ2n) is 7.83. The number of rotatable bonds is 0. The summed E-state index contributed by atoms with van der Waals surface area (Å²) >= 11 is 0. The van der Waals surface area contributed by atoms with Crippen LogP contribution in [0, 0.1) is 17.2 Å². The molecule has 2 nitrogen and oxygen atoms in total. The molecule has 1 unspecified atom stereocenters. The molecule has 1 fully saturated rings. The van der Waals surface area contributed by atoms with Crippen molar-refractivity contribution in [1.82, 2.24) is 0 Å². The fourth-order valence-corrected chi connectivity index (χ4v) is 3.93. The quantitative estimate of drug-likeness (QED) is 0.756. The number of hydrogen-bond acceptors (Lipinski definition) is 2. The molecule has 0 saturated heterocycles. The zero-order valence-electron chi connectivity index (χ0n) is 13.2. The highest BCUT2D eigenvalue weighted by molar-refractivity contribution is 5.38. The maximum absolute atomic E-state index is 13.4. The number of benzene rings is 1. The molecular formula is C18H25FO2. The van der Waals surface area contributed by atoms with Crippen molar-refractivity contribution >= 4 is 0 Å². The van der Waals surface area contributed by atoms with Gasteiger partial charge in [0.25, 0.3) is 0 Å². The van der Waals surface area contributed by atoms with Gasteiger partial charge in [0.15, 0.2) is 0 Å². The first-order chi connectivity index (χ1) is 9.79. The highest BCUT2D eigenvalue weighted by atomic mass is 19.1. The molecule has 0 bridgehead atoms. The lowest BCUT2D eigenvalue weighted by molar-refractivity contribution is -0.0565. The standard InChI is InChI=1S/C18H25FO2/c1-17(2,3)12-6-8-18(9-7-12)11-15(20)14-5-4-13(19)10-16(14)21-18/h4-5,10,12,15,20H,6-9,11H2,1-3H3. The van der Waals surface area contributed by atoms with E-state index in [1.54, 1.807) is 6.07 Å². The molecule has 1 aliphatic heterocycles. The Morgan fingerprint density at radius 3 is 2.52 bits per heavy atom. The van der Waals surface area contributed by atoms with Gasteiger partial charge in [0.1, 0.15) is 17.2 Å². The van der Waals surface area contributed by atoms with Gasteiger partial charge in [-0.2, -0.15) is 0 Å². The molecule has 1 aromatic rings. The van der Waals surface area contributed by atoms with Crippen molar-refractivity contribution in [1.29, 1.82) is 0 Å². The fraction of sp³-hybridized carbons (Fsp3) is 0.667. The second kappa shape index (κ2) is 4.98. The number of hydrogen-bond donors (Lipinski definition) is 1. The van der Waals surface area contributed by atoms with Gasteiger partial charge >= 0.3 is 0 Å². The molecule has 21 heavy (non-hydrogen) atoms. The van der Waals surface area contributed by atoms with Crippen molar-refractivity contribution in [3.63, 3.8) is 0 Å². The van der Waals surface area contributed by atoms with E-state index in [1.165, 1.54) is 12.1 Å². The summed E-state index contributed by atoms with van der Waals surface area (Å²) in [6.07, 6.45) is 4.20. The van der Waals surface area contributed by atoms with Crippen LogP contribution < -0.4 is 4.74 Å². The van der Waals surface area contributed by atoms with E-state index in [1.807, 2.05) is 0 Å². The van der Waals surface area contributed by atoms with Gasteiger partial charge in [0, 0.05) is 18.1 Å². The Kier molecular flexibility index (Phi) is 3.52. The van der Waals surface area contributed by atoms with Gasteiger partial charge in [0.2, 0.25) is 0 Å². The largest absolute Gasteiger partial charge is 0.487 e. The van der Waals surface area contributed by atoms with Crippen molar-refractivity contribution in [3.8, 4) is 5.75 Å². The molecule has 3 rings (SSSR count). The SMILES string of the molecule is CC(C)(C)C1CCC2(CC1)CC(O)c1ccc(F)cc1O2. The first-order valence-corrected chi connectivity index (χ1v) is 7.96. The predicted molar refractivity (Wildman–Crippen MR) is 80.7 cm³/mol. The summed E-state index contributed by atoms with van der Waals surface area (Å²) in [5, 5.41) is 10.4. The minimum atomic E-state index is -0.541. The van der Waals surface area contributed by atoms with E-state index >= 15 is 0 Å². The molecule has 0 radical (unpaired) electrons. The number of aliphatic hydroxyl groups excluding tert-OH is 1. The van der Waals surface area contributed by atoms with E-state index in [0.717, 1.165) is 31.2 Å². The fourth-order valence-electron chi connectivity index (χ4n) is 3.93. The van der Waals surface area contributed by atoms with E-state index in [4.69, 9.17) is 4.74 Å². The van der Waals surface area contributed by atoms with Crippen LogP contribution in [0.2, 0.25) is 0 Å². The second-order valence-corrected chi connectivity index (χ2v) is 7.83. The minimum absolute atomic E-state index is 0.304. The molecule has 1 atom stereocenters.